The van der Waals surface area contributed by atoms with Gasteiger partial charge >= 0.3 is 278 Å². The van der Waals surface area contributed by atoms with Crippen LogP contribution in [0.2, 0.25) is 0 Å². The van der Waals surface area contributed by atoms with Gasteiger partial charge < -0.3 is 24.8 Å². The molecule has 0 fully saturated rings. The van der Waals surface area contributed by atoms with Gasteiger partial charge in [0.15, 0.2) is 0 Å². The van der Waals surface area contributed by atoms with Gasteiger partial charge in [-0.15, -0.1) is 0 Å². The van der Waals surface area contributed by atoms with E-state index in [2.05, 4.69) is 151 Å². The minimum atomic E-state index is -2.97. The summed E-state index contributed by atoms with van der Waals surface area (Å²) in [4.78, 5) is 0. The van der Waals surface area contributed by atoms with Gasteiger partial charge in [-0.3, -0.25) is 0 Å². The van der Waals surface area contributed by atoms with Crippen LogP contribution in [0.5, 0.6) is 0 Å². The molecule has 0 atom stereocenters. The van der Waals surface area contributed by atoms with Gasteiger partial charge in [0.2, 0.25) is 0 Å². The van der Waals surface area contributed by atoms with Crippen LogP contribution in [0.4, 0.5) is 0 Å². The molecule has 0 amide bonds. The van der Waals surface area contributed by atoms with E-state index in [0.717, 1.165) is 12.8 Å². The fourth-order valence-electron chi connectivity index (χ4n) is 7.18. The average Bonchev–Trinajstić information content (AvgIpc) is 3.79. The Kier molecular flexibility index (Phi) is 10.4. The Bertz CT molecular complexity index is 1940. The molecule has 7 rings (SSSR count). The molecule has 4 heteroatoms. The van der Waals surface area contributed by atoms with Crippen LogP contribution in [0.3, 0.4) is 0 Å². The van der Waals surface area contributed by atoms with Crippen molar-refractivity contribution in [3.05, 3.63) is 164 Å². The third kappa shape index (κ3) is 6.67. The van der Waals surface area contributed by atoms with Crippen LogP contribution in [-0.2, 0) is 38.5 Å². The van der Waals surface area contributed by atoms with E-state index in [9.17, 15) is 0 Å². The second kappa shape index (κ2) is 13.8. The zero-order valence-corrected chi connectivity index (χ0v) is 32.1. The van der Waals surface area contributed by atoms with Crippen LogP contribution in [0, 0.1) is 0 Å². The van der Waals surface area contributed by atoms with Crippen molar-refractivity contribution >= 4 is 12.1 Å². The quantitative estimate of drug-likeness (QED) is 0.257. The molecule has 0 aliphatic heterocycles. The molecule has 0 unspecified atom stereocenters. The van der Waals surface area contributed by atoms with Gasteiger partial charge in [0.25, 0.3) is 0 Å². The number of hydrogen-bond donors (Lipinski definition) is 0. The standard InChI is InChI=1S/C21H25.C13H10.C9H7O.2ClH.Zr/c1-20(2,3)16-7-9-18-14(12-16)11-15-13-17(21(4,5)6)8-10-19(15)18;1-3-7-12(8-4-1)11-13-9-5-2-6-10-13;1-2-4-8(3-1)9-5-6-10-7-9;;;/h7-10,12H,11H2,1-6H3;1-10H;1,3,5-7H,2H2;2*1H;/q;;;;;+2/p-2. The Morgan fingerprint density at radius 1 is 0.702 bits per heavy atom. The smallest absolute Gasteiger partial charge is 1.00 e. The molecular formula is C43H42Cl2OZr. The van der Waals surface area contributed by atoms with Crippen molar-refractivity contribution in [2.75, 3.05) is 0 Å². The summed E-state index contributed by atoms with van der Waals surface area (Å²) in [5.41, 5.74) is 14.2. The zero-order chi connectivity index (χ0) is 31.3. The molecule has 0 saturated carbocycles. The van der Waals surface area contributed by atoms with Gasteiger partial charge in [0.1, 0.15) is 0 Å². The van der Waals surface area contributed by atoms with E-state index in [0.29, 0.717) is 0 Å². The number of halogens is 2. The molecule has 4 aromatic carbocycles. The van der Waals surface area contributed by atoms with E-state index >= 15 is 0 Å². The van der Waals surface area contributed by atoms with Gasteiger partial charge in [-0.2, -0.15) is 0 Å². The molecule has 0 radical (unpaired) electrons. The van der Waals surface area contributed by atoms with Crippen molar-refractivity contribution < 1.29 is 50.5 Å². The van der Waals surface area contributed by atoms with E-state index < -0.39 is 21.3 Å². The van der Waals surface area contributed by atoms with Crippen molar-refractivity contribution in [3.8, 4) is 11.1 Å². The normalized spacial score (nSPS) is 13.3. The van der Waals surface area contributed by atoms with Crippen LogP contribution in [0.15, 0.2) is 129 Å². The molecule has 1 heterocycles. The van der Waals surface area contributed by atoms with Gasteiger partial charge in [0.05, 0.1) is 0 Å². The predicted octanol–water partition coefficient (Wildman–Crippen LogP) is 4.34. The Morgan fingerprint density at radius 2 is 1.34 bits per heavy atom. The first kappa shape index (κ1) is 35.3. The van der Waals surface area contributed by atoms with Crippen LogP contribution in [0.25, 0.3) is 16.7 Å². The molecule has 47 heavy (non-hydrogen) atoms. The zero-order valence-electron chi connectivity index (χ0n) is 28.1. The van der Waals surface area contributed by atoms with Crippen LogP contribution in [0.1, 0.15) is 86.9 Å². The Labute approximate surface area is 300 Å². The molecule has 1 aromatic heterocycles. The van der Waals surface area contributed by atoms with Crippen LogP contribution < -0.4 is 28.1 Å². The summed E-state index contributed by atoms with van der Waals surface area (Å²) in [5, 5.41) is 0. The van der Waals surface area contributed by atoms with Crippen molar-refractivity contribution in [3.63, 3.8) is 0 Å². The molecule has 2 aliphatic carbocycles. The molecule has 1 nitrogen and oxygen atoms in total. The monoisotopic (exact) mass is 734 g/mol. The Morgan fingerprint density at radius 3 is 1.91 bits per heavy atom. The molecule has 238 valence electrons. The summed E-state index contributed by atoms with van der Waals surface area (Å²) in [7, 11) is 0. The molecular weight excluding hydrogens is 695 g/mol. The topological polar surface area (TPSA) is 13.1 Å². The second-order valence-electron chi connectivity index (χ2n) is 14.6. The number of benzene rings is 4. The van der Waals surface area contributed by atoms with Crippen LogP contribution in [-0.4, -0.2) is 3.21 Å². The summed E-state index contributed by atoms with van der Waals surface area (Å²) in [6.07, 6.45) is 10.5. The maximum Gasteiger partial charge on any atom is -1.00 e. The van der Waals surface area contributed by atoms with Crippen molar-refractivity contribution in [2.45, 2.75) is 65.2 Å². The fraction of sp³-hybridized carbons (Fsp3) is 0.233. The minimum Gasteiger partial charge on any atom is -1.00 e. The van der Waals surface area contributed by atoms with E-state index in [1.54, 1.807) is 15.3 Å². The van der Waals surface area contributed by atoms with Gasteiger partial charge in [-0.1, -0.05) is 0 Å². The summed E-state index contributed by atoms with van der Waals surface area (Å²) in [6, 6.07) is 36.8. The SMILES string of the molecule is CC(C)(C)c1ccc2c(c1)Cc1c-2ccc(C(C)(C)C)[c]1[Zr+2]([C]1=C(c2ccoc2)C=CC1)=[C](c1ccccc1)c1ccccc1.[Cl-].[Cl-]. The van der Waals surface area contributed by atoms with Crippen LogP contribution >= 0.6 is 0 Å². The number of fused-ring (bicyclic) bond motifs is 3. The summed E-state index contributed by atoms with van der Waals surface area (Å²) in [5.74, 6) is 0. The molecule has 5 aromatic rings. The summed E-state index contributed by atoms with van der Waals surface area (Å²) >= 11 is -2.97. The second-order valence-corrected chi connectivity index (χ2v) is 20.3. The van der Waals surface area contributed by atoms with Crippen molar-refractivity contribution in [1.82, 2.24) is 0 Å². The summed E-state index contributed by atoms with van der Waals surface area (Å²) < 4.78 is 10.5. The van der Waals surface area contributed by atoms with E-state index in [1.165, 1.54) is 50.1 Å². The maximum absolute atomic E-state index is 5.67. The van der Waals surface area contributed by atoms with E-state index in [1.807, 2.05) is 12.5 Å². The van der Waals surface area contributed by atoms with E-state index in [4.69, 9.17) is 4.42 Å². The first-order chi connectivity index (χ1) is 21.6. The molecule has 0 saturated heterocycles. The van der Waals surface area contributed by atoms with Gasteiger partial charge in [0, 0.05) is 0 Å². The third-order valence-corrected chi connectivity index (χ3v) is 17.4. The molecule has 2 aliphatic rings. The first-order valence-corrected chi connectivity index (χ1v) is 19.9. The molecule has 0 bridgehead atoms. The van der Waals surface area contributed by atoms with Crippen molar-refractivity contribution in [2.24, 2.45) is 0 Å². The maximum atomic E-state index is 5.67. The van der Waals surface area contributed by atoms with Gasteiger partial charge in [-0.25, -0.2) is 0 Å². The molecule has 0 N–H and O–H groups in total. The van der Waals surface area contributed by atoms with Crippen molar-refractivity contribution in [1.29, 1.82) is 0 Å². The minimum absolute atomic E-state index is 0. The van der Waals surface area contributed by atoms with Gasteiger partial charge in [-0.05, 0) is 0 Å². The third-order valence-electron chi connectivity index (χ3n) is 9.44. The molecule has 0 spiro atoms. The fourth-order valence-corrected chi connectivity index (χ4v) is 16.6. The summed E-state index contributed by atoms with van der Waals surface area (Å²) in [6.45, 7) is 14.2. The Hall–Kier alpha value is -3.03. The average molecular weight is 737 g/mol. The number of furan rings is 1. The number of hydrogen-bond acceptors (Lipinski definition) is 1. The Balaban J connectivity index is 0.00000217. The first-order valence-electron chi connectivity index (χ1n) is 16.2. The predicted molar refractivity (Wildman–Crippen MR) is 187 cm³/mol. The van der Waals surface area contributed by atoms with E-state index in [-0.39, 0.29) is 35.6 Å². The number of rotatable bonds is 5. The number of allylic oxidation sites excluding steroid dienone is 4. The largest absolute Gasteiger partial charge is 1.00 e.